The van der Waals surface area contributed by atoms with Gasteiger partial charge in [0.15, 0.2) is 0 Å². The summed E-state index contributed by atoms with van der Waals surface area (Å²) in [6, 6.07) is 6.79. The molecule has 1 atom stereocenters. The van der Waals surface area contributed by atoms with Crippen LogP contribution in [0.4, 0.5) is 0 Å². The van der Waals surface area contributed by atoms with E-state index in [1.165, 1.54) is 57.8 Å². The Morgan fingerprint density at radius 3 is 2.00 bits per heavy atom. The number of aliphatic hydroxyl groups is 1. The number of benzene rings is 1. The molecule has 0 spiro atoms. The van der Waals surface area contributed by atoms with Gasteiger partial charge in [-0.1, -0.05) is 82.6 Å². The predicted octanol–water partition coefficient (Wildman–Crippen LogP) is 6.92. The summed E-state index contributed by atoms with van der Waals surface area (Å²) < 4.78 is 4.99. The number of hydrogen-bond donors (Lipinski definition) is 2. The second kappa shape index (κ2) is 21.2. The van der Waals surface area contributed by atoms with Crippen molar-refractivity contribution in [3.63, 3.8) is 0 Å². The van der Waals surface area contributed by atoms with E-state index in [9.17, 15) is 14.7 Å². The van der Waals surface area contributed by atoms with Crippen molar-refractivity contribution in [1.82, 2.24) is 5.32 Å². The van der Waals surface area contributed by atoms with Crippen LogP contribution in [0.5, 0.6) is 0 Å². The number of ether oxygens (including phenoxy) is 1. The highest BCUT2D eigenvalue weighted by Gasteiger charge is 2.13. The molecule has 5 nitrogen and oxygen atoms in total. The Hall–Kier alpha value is -2.14. The van der Waals surface area contributed by atoms with Gasteiger partial charge in [0.2, 0.25) is 5.91 Å². The minimum atomic E-state index is -0.342. The van der Waals surface area contributed by atoms with Gasteiger partial charge >= 0.3 is 5.97 Å². The van der Waals surface area contributed by atoms with Crippen LogP contribution in [0.15, 0.2) is 36.4 Å². The zero-order chi connectivity index (χ0) is 25.6. The topological polar surface area (TPSA) is 75.6 Å². The molecule has 0 bridgehead atoms. The number of esters is 1. The Bertz CT molecular complexity index is 699. The number of allylic oxidation sites excluding steroid dienone is 2. The fourth-order valence-electron chi connectivity index (χ4n) is 4.09. The first kappa shape index (κ1) is 30.9. The smallest absolute Gasteiger partial charge is 0.338 e. The van der Waals surface area contributed by atoms with E-state index in [1.807, 2.05) is 12.1 Å². The van der Waals surface area contributed by atoms with E-state index in [2.05, 4.69) is 24.4 Å². The number of carbonyl (C=O) groups excluding carboxylic acids is 2. The molecule has 0 saturated carbocycles. The van der Waals surface area contributed by atoms with E-state index >= 15 is 0 Å². The van der Waals surface area contributed by atoms with Gasteiger partial charge in [-0.05, 0) is 63.1 Å². The maximum Gasteiger partial charge on any atom is 0.338 e. The van der Waals surface area contributed by atoms with Crippen molar-refractivity contribution in [1.29, 1.82) is 0 Å². The van der Waals surface area contributed by atoms with Crippen LogP contribution >= 0.6 is 0 Å². The maximum absolute atomic E-state index is 12.3. The van der Waals surface area contributed by atoms with E-state index in [4.69, 9.17) is 4.74 Å². The summed E-state index contributed by atoms with van der Waals surface area (Å²) in [5.74, 6) is -0.351. The molecule has 1 rings (SSSR count). The van der Waals surface area contributed by atoms with Crippen molar-refractivity contribution < 1.29 is 19.4 Å². The highest BCUT2D eigenvalue weighted by molar-refractivity contribution is 5.89. The average Bonchev–Trinajstić information content (AvgIpc) is 2.86. The Morgan fingerprint density at radius 1 is 0.857 bits per heavy atom. The lowest BCUT2D eigenvalue weighted by Gasteiger charge is -2.16. The SMILES string of the molecule is CCCCCCCC/C=C\CCCCCCCC(=O)N[C@@H](CO)Cc1ccc(C(=O)OCC)cc1. The minimum Gasteiger partial charge on any atom is -0.462 e. The third kappa shape index (κ3) is 16.2. The van der Waals surface area contributed by atoms with Crippen molar-refractivity contribution in [3.05, 3.63) is 47.5 Å². The lowest BCUT2D eigenvalue weighted by Crippen LogP contribution is -2.39. The van der Waals surface area contributed by atoms with Gasteiger partial charge in [-0.2, -0.15) is 0 Å². The average molecular weight is 488 g/mol. The van der Waals surface area contributed by atoms with E-state index < -0.39 is 0 Å². The Morgan fingerprint density at radius 2 is 1.43 bits per heavy atom. The van der Waals surface area contributed by atoms with Crippen molar-refractivity contribution in [2.45, 2.75) is 116 Å². The van der Waals surface area contributed by atoms with E-state index in [1.54, 1.807) is 19.1 Å². The van der Waals surface area contributed by atoms with E-state index in [0.29, 0.717) is 25.0 Å². The van der Waals surface area contributed by atoms with Gasteiger partial charge in [-0.15, -0.1) is 0 Å². The van der Waals surface area contributed by atoms with Gasteiger partial charge in [0.05, 0.1) is 24.8 Å². The van der Waals surface area contributed by atoms with Crippen LogP contribution in [0.1, 0.15) is 120 Å². The number of nitrogens with one attached hydrogen (secondary N) is 1. The molecule has 0 unspecified atom stereocenters. The van der Waals surface area contributed by atoms with Crippen LogP contribution in [0.25, 0.3) is 0 Å². The Kier molecular flexibility index (Phi) is 18.7. The molecule has 0 aliphatic heterocycles. The van der Waals surface area contributed by atoms with E-state index in [0.717, 1.165) is 31.2 Å². The third-order valence-electron chi connectivity index (χ3n) is 6.20. The normalized spacial score (nSPS) is 12.1. The first-order valence-corrected chi connectivity index (χ1v) is 13.9. The number of hydrogen-bond acceptors (Lipinski definition) is 4. The monoisotopic (exact) mass is 487 g/mol. The third-order valence-corrected chi connectivity index (χ3v) is 6.20. The Balaban J connectivity index is 2.07. The highest BCUT2D eigenvalue weighted by atomic mass is 16.5. The van der Waals surface area contributed by atoms with Crippen molar-refractivity contribution in [2.24, 2.45) is 0 Å². The van der Waals surface area contributed by atoms with Gasteiger partial charge < -0.3 is 15.2 Å². The standard InChI is InChI=1S/C30H49NO4/c1-3-5-6-7-8-9-10-11-12-13-14-15-16-17-18-19-29(33)31-28(25-32)24-26-20-22-27(23-21-26)30(34)35-4-2/h11-12,20-23,28,32H,3-10,13-19,24-25H2,1-2H3,(H,31,33)/b12-11-/t28-/m1/s1. The molecular weight excluding hydrogens is 438 g/mol. The van der Waals surface area contributed by atoms with Crippen molar-refractivity contribution >= 4 is 11.9 Å². The van der Waals surface area contributed by atoms with Gasteiger partial charge in [0.1, 0.15) is 0 Å². The predicted molar refractivity (Wildman–Crippen MR) is 145 cm³/mol. The molecule has 0 aromatic heterocycles. The molecule has 1 aromatic carbocycles. The fourth-order valence-corrected chi connectivity index (χ4v) is 4.09. The van der Waals surface area contributed by atoms with E-state index in [-0.39, 0.29) is 24.5 Å². The highest BCUT2D eigenvalue weighted by Crippen LogP contribution is 2.11. The maximum atomic E-state index is 12.3. The molecule has 0 radical (unpaired) electrons. The van der Waals surface area contributed by atoms with Gasteiger partial charge in [-0.25, -0.2) is 4.79 Å². The molecule has 198 valence electrons. The van der Waals surface area contributed by atoms with Crippen molar-refractivity contribution in [3.8, 4) is 0 Å². The second-order valence-corrected chi connectivity index (χ2v) is 9.40. The number of unbranched alkanes of at least 4 members (excludes halogenated alkanes) is 11. The summed E-state index contributed by atoms with van der Waals surface area (Å²) in [5, 5.41) is 12.6. The molecule has 0 aliphatic carbocycles. The molecule has 1 amide bonds. The number of amides is 1. The van der Waals surface area contributed by atoms with Crippen molar-refractivity contribution in [2.75, 3.05) is 13.2 Å². The molecule has 5 heteroatoms. The number of rotatable bonds is 21. The second-order valence-electron chi connectivity index (χ2n) is 9.40. The first-order valence-electron chi connectivity index (χ1n) is 13.9. The van der Waals surface area contributed by atoms with Crippen LogP contribution in [0.2, 0.25) is 0 Å². The zero-order valence-electron chi connectivity index (χ0n) is 22.2. The molecule has 0 heterocycles. The quantitative estimate of drug-likeness (QED) is 0.112. The minimum absolute atomic E-state index is 0.00942. The molecule has 2 N–H and O–H groups in total. The summed E-state index contributed by atoms with van der Waals surface area (Å²) in [4.78, 5) is 24.0. The molecule has 0 saturated heterocycles. The molecule has 0 aliphatic rings. The number of carbonyl (C=O) groups is 2. The molecular formula is C30H49NO4. The lowest BCUT2D eigenvalue weighted by atomic mass is 10.0. The van der Waals surface area contributed by atoms with Gasteiger partial charge in [0, 0.05) is 6.42 Å². The number of aliphatic hydroxyl groups excluding tert-OH is 1. The molecule has 1 aromatic rings. The fraction of sp³-hybridized carbons (Fsp3) is 0.667. The van der Waals surface area contributed by atoms with Crippen LogP contribution in [0.3, 0.4) is 0 Å². The van der Waals surface area contributed by atoms with Crippen LogP contribution < -0.4 is 5.32 Å². The summed E-state index contributed by atoms with van der Waals surface area (Å²) >= 11 is 0. The van der Waals surface area contributed by atoms with Gasteiger partial charge in [0.25, 0.3) is 0 Å². The molecule has 0 fully saturated rings. The van der Waals surface area contributed by atoms with Crippen LogP contribution in [-0.4, -0.2) is 36.2 Å². The molecule has 35 heavy (non-hydrogen) atoms. The summed E-state index contributed by atoms with van der Waals surface area (Å²) in [5.41, 5.74) is 1.46. The summed E-state index contributed by atoms with van der Waals surface area (Å²) in [6.07, 6.45) is 21.8. The zero-order valence-corrected chi connectivity index (χ0v) is 22.2. The lowest BCUT2D eigenvalue weighted by molar-refractivity contribution is -0.122. The first-order chi connectivity index (χ1) is 17.1. The largest absolute Gasteiger partial charge is 0.462 e. The van der Waals surface area contributed by atoms with Crippen LogP contribution in [0, 0.1) is 0 Å². The summed E-state index contributed by atoms with van der Waals surface area (Å²) in [6.45, 7) is 4.26. The van der Waals surface area contributed by atoms with Gasteiger partial charge in [-0.3, -0.25) is 4.79 Å². The summed E-state index contributed by atoms with van der Waals surface area (Å²) in [7, 11) is 0. The Labute approximate surface area is 213 Å². The van der Waals surface area contributed by atoms with Crippen LogP contribution in [-0.2, 0) is 16.0 Å².